The van der Waals surface area contributed by atoms with Crippen LogP contribution >= 0.6 is 0 Å². The molecule has 5 aliphatic rings. The third-order valence-corrected chi connectivity index (χ3v) is 9.67. The molecule has 6 heteroatoms. The van der Waals surface area contributed by atoms with Crippen LogP contribution in [0, 0.1) is 51.8 Å². The lowest BCUT2D eigenvalue weighted by molar-refractivity contribution is -0.343. The molecular formula is C24H31O6-3. The molecule has 1 spiro atoms. The first kappa shape index (κ1) is 21.4. The van der Waals surface area contributed by atoms with E-state index in [1.165, 1.54) is 0 Å². The molecule has 30 heavy (non-hydrogen) atoms. The summed E-state index contributed by atoms with van der Waals surface area (Å²) in [6.07, 6.45) is 5.79. The molecule has 0 aliphatic heterocycles. The zero-order valence-corrected chi connectivity index (χ0v) is 18.2. The van der Waals surface area contributed by atoms with Crippen LogP contribution in [-0.2, 0) is 14.4 Å². The lowest BCUT2D eigenvalue weighted by Crippen LogP contribution is -2.69. The molecule has 3 fully saturated rings. The van der Waals surface area contributed by atoms with Crippen LogP contribution < -0.4 is 15.3 Å². The van der Waals surface area contributed by atoms with E-state index in [9.17, 15) is 29.7 Å². The van der Waals surface area contributed by atoms with Crippen molar-refractivity contribution in [2.45, 2.75) is 66.2 Å². The van der Waals surface area contributed by atoms with Crippen molar-refractivity contribution < 1.29 is 29.7 Å². The maximum Gasteiger partial charge on any atom is 0.0476 e. The van der Waals surface area contributed by atoms with Crippen molar-refractivity contribution in [2.75, 3.05) is 0 Å². The summed E-state index contributed by atoms with van der Waals surface area (Å²) in [6.45, 7) is 7.91. The van der Waals surface area contributed by atoms with Gasteiger partial charge in [-0.25, -0.2) is 0 Å². The summed E-state index contributed by atoms with van der Waals surface area (Å²) in [7, 11) is 0. The molecule has 0 N–H and O–H groups in total. The Bertz CT molecular complexity index is 830. The van der Waals surface area contributed by atoms with Crippen LogP contribution in [0.15, 0.2) is 11.6 Å². The van der Waals surface area contributed by atoms with E-state index in [0.29, 0.717) is 25.7 Å². The second-order valence-corrected chi connectivity index (χ2v) is 11.1. The van der Waals surface area contributed by atoms with Crippen LogP contribution in [0.25, 0.3) is 0 Å². The molecule has 8 atom stereocenters. The van der Waals surface area contributed by atoms with Crippen molar-refractivity contribution in [1.82, 2.24) is 0 Å². The number of hydrogen-bond acceptors (Lipinski definition) is 6. The summed E-state index contributed by atoms with van der Waals surface area (Å²) in [6, 6.07) is 0. The van der Waals surface area contributed by atoms with E-state index in [1.807, 2.05) is 13.8 Å². The summed E-state index contributed by atoms with van der Waals surface area (Å²) < 4.78 is 0. The highest BCUT2D eigenvalue weighted by Crippen LogP contribution is 2.73. The average molecular weight is 416 g/mol. The van der Waals surface area contributed by atoms with E-state index < -0.39 is 46.5 Å². The van der Waals surface area contributed by atoms with Gasteiger partial charge in [0.1, 0.15) is 0 Å². The number of carbonyl (C=O) groups is 3. The summed E-state index contributed by atoms with van der Waals surface area (Å²) in [4.78, 5) is 36.6. The molecule has 2 bridgehead atoms. The van der Waals surface area contributed by atoms with Crippen LogP contribution in [0.2, 0.25) is 0 Å². The van der Waals surface area contributed by atoms with E-state index in [1.54, 1.807) is 6.92 Å². The normalized spacial score (nSPS) is 47.2. The van der Waals surface area contributed by atoms with Gasteiger partial charge in [-0.15, -0.1) is 0 Å². The highest BCUT2D eigenvalue weighted by Gasteiger charge is 2.68. The zero-order valence-electron chi connectivity index (χ0n) is 18.2. The minimum Gasteiger partial charge on any atom is -0.550 e. The third-order valence-electron chi connectivity index (χ3n) is 9.67. The number of aliphatic carboxylic acids is 3. The van der Waals surface area contributed by atoms with Gasteiger partial charge in [-0.2, -0.15) is 0 Å². The minimum absolute atomic E-state index is 0.0891. The van der Waals surface area contributed by atoms with Gasteiger partial charge in [-0.1, -0.05) is 45.8 Å². The molecule has 5 rings (SSSR count). The van der Waals surface area contributed by atoms with Crippen LogP contribution in [0.4, 0.5) is 0 Å². The van der Waals surface area contributed by atoms with Gasteiger partial charge in [0.25, 0.3) is 0 Å². The molecule has 0 aromatic carbocycles. The first-order valence-electron chi connectivity index (χ1n) is 11.3. The minimum atomic E-state index is -1.32. The zero-order chi connectivity index (χ0) is 22.2. The van der Waals surface area contributed by atoms with Gasteiger partial charge in [0.05, 0.1) is 0 Å². The second kappa shape index (κ2) is 6.57. The molecule has 0 amide bonds. The van der Waals surface area contributed by atoms with Crippen molar-refractivity contribution in [3.63, 3.8) is 0 Å². The van der Waals surface area contributed by atoms with Crippen molar-refractivity contribution >= 4 is 17.9 Å². The number of fused-ring (bicyclic) bond motifs is 2. The first-order valence-corrected chi connectivity index (χ1v) is 11.3. The standard InChI is InChI=1S/C24H34O6/c1-12(2)14-11-24-9-6-15-22(3,7-5-8-23(15,4)21(29)30)16(24)10-13(14)17(19(25)26)18(24)20(27)28/h11-13,15-18H,5-10H2,1-4H3,(H,25,26)(H,27,28)(H,29,30)/p-3/t13-,15+,16-,17-,18-,22+,23+,24-/m0/s1. The van der Waals surface area contributed by atoms with Crippen LogP contribution in [0.3, 0.4) is 0 Å². The monoisotopic (exact) mass is 415 g/mol. The number of carboxylic acid groups (broad SMARTS) is 3. The molecule has 0 aromatic rings. The molecule has 6 nitrogen and oxygen atoms in total. The lowest BCUT2D eigenvalue weighted by Gasteiger charge is -2.70. The van der Waals surface area contributed by atoms with Gasteiger partial charge in [0.15, 0.2) is 0 Å². The molecule has 0 aromatic heterocycles. The Hall–Kier alpha value is -1.85. The van der Waals surface area contributed by atoms with Gasteiger partial charge >= 0.3 is 0 Å². The number of carbonyl (C=O) groups excluding carboxylic acids is 3. The highest BCUT2D eigenvalue weighted by atomic mass is 16.4. The van der Waals surface area contributed by atoms with Gasteiger partial charge in [0.2, 0.25) is 0 Å². The van der Waals surface area contributed by atoms with Crippen LogP contribution in [0.5, 0.6) is 0 Å². The highest BCUT2D eigenvalue weighted by molar-refractivity contribution is 5.81. The van der Waals surface area contributed by atoms with E-state index in [-0.39, 0.29) is 23.2 Å². The molecule has 3 saturated carbocycles. The number of allylic oxidation sites excluding steroid dienone is 2. The van der Waals surface area contributed by atoms with Crippen molar-refractivity contribution in [3.05, 3.63) is 11.6 Å². The largest absolute Gasteiger partial charge is 0.550 e. The van der Waals surface area contributed by atoms with Crippen molar-refractivity contribution in [1.29, 1.82) is 0 Å². The predicted octanol–water partition coefficient (Wildman–Crippen LogP) is 0.294. The fraction of sp³-hybridized carbons (Fsp3) is 0.792. The van der Waals surface area contributed by atoms with Crippen LogP contribution in [-0.4, -0.2) is 17.9 Å². The van der Waals surface area contributed by atoms with Gasteiger partial charge < -0.3 is 29.7 Å². The van der Waals surface area contributed by atoms with Crippen molar-refractivity contribution in [3.8, 4) is 0 Å². The fourth-order valence-electron chi connectivity index (χ4n) is 8.52. The SMILES string of the molecule is CC(C)C1=C[C@@]23CC[C@@H]4[C@@](C)(CCC[C@@]4(C)C(=O)[O-])[C@@H]2C[C@@H]1[C@H](C(=O)[O-])[C@H]3C(=O)[O-]. The molecule has 5 aliphatic carbocycles. The maximum absolute atomic E-state index is 12.3. The van der Waals surface area contributed by atoms with Crippen molar-refractivity contribution in [2.24, 2.45) is 51.8 Å². The molecular weight excluding hydrogens is 384 g/mol. The maximum atomic E-state index is 12.3. The molecule has 0 unspecified atom stereocenters. The quantitative estimate of drug-likeness (QED) is 0.609. The number of rotatable bonds is 4. The fourth-order valence-corrected chi connectivity index (χ4v) is 8.52. The Kier molecular flexibility index (Phi) is 4.68. The molecule has 0 radical (unpaired) electrons. The lowest BCUT2D eigenvalue weighted by atomic mass is 9.34. The Balaban J connectivity index is 1.89. The average Bonchev–Trinajstić information content (AvgIpc) is 2.65. The molecule has 166 valence electrons. The van der Waals surface area contributed by atoms with E-state index in [2.05, 4.69) is 13.0 Å². The Morgan fingerprint density at radius 3 is 2.20 bits per heavy atom. The van der Waals surface area contributed by atoms with E-state index >= 15 is 0 Å². The van der Waals surface area contributed by atoms with Gasteiger partial charge in [-0.05, 0) is 61.2 Å². The number of hydrogen-bond donors (Lipinski definition) is 0. The summed E-state index contributed by atoms with van der Waals surface area (Å²) in [5.41, 5.74) is -1.14. The van der Waals surface area contributed by atoms with E-state index in [4.69, 9.17) is 0 Å². The Morgan fingerprint density at radius 2 is 1.67 bits per heavy atom. The molecule has 0 heterocycles. The summed E-state index contributed by atoms with van der Waals surface area (Å²) >= 11 is 0. The smallest absolute Gasteiger partial charge is 0.0476 e. The Morgan fingerprint density at radius 1 is 1.00 bits per heavy atom. The summed E-state index contributed by atoms with van der Waals surface area (Å²) in [5.74, 6) is -6.39. The topological polar surface area (TPSA) is 120 Å². The number of carboxylic acids is 3. The van der Waals surface area contributed by atoms with Gasteiger partial charge in [-0.3, -0.25) is 0 Å². The Labute approximate surface area is 177 Å². The summed E-state index contributed by atoms with van der Waals surface area (Å²) in [5, 5.41) is 36.6. The van der Waals surface area contributed by atoms with Gasteiger partial charge in [0, 0.05) is 40.6 Å². The van der Waals surface area contributed by atoms with Crippen LogP contribution in [0.1, 0.15) is 66.2 Å². The first-order chi connectivity index (χ1) is 13.9. The molecule has 0 saturated heterocycles. The second-order valence-electron chi connectivity index (χ2n) is 11.1. The van der Waals surface area contributed by atoms with E-state index in [0.717, 1.165) is 18.4 Å². The predicted molar refractivity (Wildman–Crippen MR) is 102 cm³/mol. The third kappa shape index (κ3) is 2.51.